The normalized spacial score (nSPS) is 10.6. The average Bonchev–Trinajstić information content (AvgIpc) is 2.30. The van der Waals surface area contributed by atoms with Crippen molar-refractivity contribution in [1.82, 2.24) is 5.32 Å². The molecular weight excluding hydrogens is 202 g/mol. The number of hydrogen-bond donors (Lipinski definition) is 2. The van der Waals surface area contributed by atoms with Gasteiger partial charge in [0.2, 0.25) is 0 Å². The molecule has 0 spiro atoms. The number of amides is 1. The minimum atomic E-state index is -0.0952. The van der Waals surface area contributed by atoms with E-state index in [4.69, 9.17) is 5.11 Å². The van der Waals surface area contributed by atoms with Crippen LogP contribution in [-0.2, 0) is 0 Å². The van der Waals surface area contributed by atoms with Gasteiger partial charge in [0.05, 0.1) is 0 Å². The van der Waals surface area contributed by atoms with E-state index in [0.29, 0.717) is 18.5 Å². The Bertz CT molecular complexity index is 372. The Balaban J connectivity index is 2.74. The van der Waals surface area contributed by atoms with Crippen molar-refractivity contribution in [2.45, 2.75) is 13.3 Å². The van der Waals surface area contributed by atoms with Gasteiger partial charge in [-0.3, -0.25) is 4.79 Å². The zero-order chi connectivity index (χ0) is 11.8. The van der Waals surface area contributed by atoms with Crippen molar-refractivity contribution < 1.29 is 9.90 Å². The monoisotopic (exact) mass is 219 g/mol. The molecule has 16 heavy (non-hydrogen) atoms. The van der Waals surface area contributed by atoms with Crippen molar-refractivity contribution in [3.63, 3.8) is 0 Å². The van der Waals surface area contributed by atoms with E-state index < -0.39 is 0 Å². The average molecular weight is 219 g/mol. The highest BCUT2D eigenvalue weighted by molar-refractivity contribution is 5.97. The third kappa shape index (κ3) is 3.51. The standard InChI is InChI=1S/C13H17NO2/c1-2-6-11-7-3-4-8-12(11)13(16)14-9-5-10-15/h2-4,6-8,15H,5,9-10H2,1H3,(H,14,16). The van der Waals surface area contributed by atoms with Crippen LogP contribution in [0.2, 0.25) is 0 Å². The van der Waals surface area contributed by atoms with Crippen LogP contribution in [0.5, 0.6) is 0 Å². The molecule has 0 bridgehead atoms. The van der Waals surface area contributed by atoms with Gasteiger partial charge in [0, 0.05) is 18.7 Å². The molecule has 0 aliphatic carbocycles. The Morgan fingerprint density at radius 1 is 1.44 bits per heavy atom. The summed E-state index contributed by atoms with van der Waals surface area (Å²) in [6.07, 6.45) is 4.39. The summed E-state index contributed by atoms with van der Waals surface area (Å²) >= 11 is 0. The lowest BCUT2D eigenvalue weighted by molar-refractivity contribution is 0.0951. The molecular formula is C13H17NO2. The van der Waals surface area contributed by atoms with E-state index in [0.717, 1.165) is 5.56 Å². The smallest absolute Gasteiger partial charge is 0.251 e. The molecule has 0 aromatic heterocycles. The first-order chi connectivity index (χ1) is 7.79. The van der Waals surface area contributed by atoms with Crippen LogP contribution in [-0.4, -0.2) is 24.2 Å². The van der Waals surface area contributed by atoms with E-state index >= 15 is 0 Å². The highest BCUT2D eigenvalue weighted by Crippen LogP contribution is 2.10. The first kappa shape index (κ1) is 12.5. The molecule has 0 unspecified atom stereocenters. The molecule has 0 saturated heterocycles. The number of benzene rings is 1. The number of aliphatic hydroxyl groups excluding tert-OH is 1. The van der Waals surface area contributed by atoms with Crippen molar-refractivity contribution in [2.75, 3.05) is 13.2 Å². The van der Waals surface area contributed by atoms with Crippen molar-refractivity contribution in [1.29, 1.82) is 0 Å². The lowest BCUT2D eigenvalue weighted by atomic mass is 10.1. The third-order valence-electron chi connectivity index (χ3n) is 2.17. The maximum atomic E-state index is 11.8. The zero-order valence-electron chi connectivity index (χ0n) is 9.44. The molecule has 0 aliphatic heterocycles. The molecule has 0 heterocycles. The van der Waals surface area contributed by atoms with Crippen LogP contribution in [0.25, 0.3) is 6.08 Å². The first-order valence-corrected chi connectivity index (χ1v) is 5.40. The lowest BCUT2D eigenvalue weighted by Crippen LogP contribution is -2.25. The number of aliphatic hydroxyl groups is 1. The molecule has 0 radical (unpaired) electrons. The fourth-order valence-corrected chi connectivity index (χ4v) is 1.40. The Morgan fingerprint density at radius 3 is 2.88 bits per heavy atom. The van der Waals surface area contributed by atoms with E-state index in [1.54, 1.807) is 6.07 Å². The minimum absolute atomic E-state index is 0.0940. The molecule has 86 valence electrons. The quantitative estimate of drug-likeness (QED) is 0.742. The topological polar surface area (TPSA) is 49.3 Å². The largest absolute Gasteiger partial charge is 0.396 e. The molecule has 1 aromatic carbocycles. The number of rotatable bonds is 5. The molecule has 2 N–H and O–H groups in total. The van der Waals surface area contributed by atoms with Crippen LogP contribution in [0.1, 0.15) is 29.3 Å². The summed E-state index contributed by atoms with van der Waals surface area (Å²) in [6, 6.07) is 7.44. The SMILES string of the molecule is CC=Cc1ccccc1C(=O)NCCCO. The molecule has 0 aliphatic rings. The highest BCUT2D eigenvalue weighted by atomic mass is 16.3. The fraction of sp³-hybridized carbons (Fsp3) is 0.308. The van der Waals surface area contributed by atoms with Crippen molar-refractivity contribution in [3.05, 3.63) is 41.5 Å². The maximum Gasteiger partial charge on any atom is 0.251 e. The molecule has 1 aromatic rings. The van der Waals surface area contributed by atoms with Gasteiger partial charge in [-0.25, -0.2) is 0 Å². The van der Waals surface area contributed by atoms with Gasteiger partial charge in [-0.2, -0.15) is 0 Å². The zero-order valence-corrected chi connectivity index (χ0v) is 9.44. The van der Waals surface area contributed by atoms with Gasteiger partial charge in [-0.15, -0.1) is 0 Å². The van der Waals surface area contributed by atoms with Crippen molar-refractivity contribution in [3.8, 4) is 0 Å². The molecule has 3 nitrogen and oxygen atoms in total. The summed E-state index contributed by atoms with van der Waals surface area (Å²) in [4.78, 5) is 11.8. The van der Waals surface area contributed by atoms with Crippen LogP contribution in [0.4, 0.5) is 0 Å². The first-order valence-electron chi connectivity index (χ1n) is 5.40. The second-order valence-electron chi connectivity index (χ2n) is 3.42. The number of hydrogen-bond acceptors (Lipinski definition) is 2. The minimum Gasteiger partial charge on any atom is -0.396 e. The summed E-state index contributed by atoms with van der Waals surface area (Å²) in [5.74, 6) is -0.0952. The number of carbonyl (C=O) groups excluding carboxylic acids is 1. The number of nitrogens with one attached hydrogen (secondary N) is 1. The van der Waals surface area contributed by atoms with E-state index in [2.05, 4.69) is 5.32 Å². The van der Waals surface area contributed by atoms with Crippen molar-refractivity contribution >= 4 is 12.0 Å². The predicted octanol–water partition coefficient (Wildman–Crippen LogP) is 1.83. The van der Waals surface area contributed by atoms with E-state index in [9.17, 15) is 4.79 Å². The van der Waals surface area contributed by atoms with Crippen LogP contribution >= 0.6 is 0 Å². The Morgan fingerprint density at radius 2 is 2.19 bits per heavy atom. The number of allylic oxidation sites excluding steroid dienone is 1. The van der Waals surface area contributed by atoms with E-state index in [1.165, 1.54) is 0 Å². The van der Waals surface area contributed by atoms with Gasteiger partial charge in [-0.1, -0.05) is 30.4 Å². The Labute approximate surface area is 95.8 Å². The summed E-state index contributed by atoms with van der Waals surface area (Å²) < 4.78 is 0. The van der Waals surface area contributed by atoms with Crippen LogP contribution < -0.4 is 5.32 Å². The molecule has 1 amide bonds. The lowest BCUT2D eigenvalue weighted by Gasteiger charge is -2.06. The second-order valence-corrected chi connectivity index (χ2v) is 3.42. The predicted molar refractivity (Wildman–Crippen MR) is 65.2 cm³/mol. The van der Waals surface area contributed by atoms with Gasteiger partial charge in [-0.05, 0) is 25.0 Å². The molecule has 0 fully saturated rings. The van der Waals surface area contributed by atoms with Crippen molar-refractivity contribution in [2.24, 2.45) is 0 Å². The third-order valence-corrected chi connectivity index (χ3v) is 2.17. The van der Waals surface area contributed by atoms with E-state index in [1.807, 2.05) is 37.3 Å². The number of carbonyl (C=O) groups is 1. The summed E-state index contributed by atoms with van der Waals surface area (Å²) in [5.41, 5.74) is 1.57. The van der Waals surface area contributed by atoms with Gasteiger partial charge in [0.25, 0.3) is 5.91 Å². The van der Waals surface area contributed by atoms with Crippen LogP contribution in [0.3, 0.4) is 0 Å². The Hall–Kier alpha value is -1.61. The molecule has 3 heteroatoms. The highest BCUT2D eigenvalue weighted by Gasteiger charge is 2.07. The molecule has 0 saturated carbocycles. The fourth-order valence-electron chi connectivity index (χ4n) is 1.40. The van der Waals surface area contributed by atoms with Gasteiger partial charge < -0.3 is 10.4 Å². The van der Waals surface area contributed by atoms with Crippen LogP contribution in [0, 0.1) is 0 Å². The Kier molecular flexibility index (Phi) is 5.29. The molecule has 0 atom stereocenters. The summed E-state index contributed by atoms with van der Waals surface area (Å²) in [5, 5.41) is 11.4. The second kappa shape index (κ2) is 6.80. The van der Waals surface area contributed by atoms with Gasteiger partial charge >= 0.3 is 0 Å². The summed E-state index contributed by atoms with van der Waals surface area (Å²) in [7, 11) is 0. The van der Waals surface area contributed by atoms with Gasteiger partial charge in [0.15, 0.2) is 0 Å². The van der Waals surface area contributed by atoms with Gasteiger partial charge in [0.1, 0.15) is 0 Å². The van der Waals surface area contributed by atoms with E-state index in [-0.39, 0.29) is 12.5 Å². The molecule has 1 rings (SSSR count). The summed E-state index contributed by atoms with van der Waals surface area (Å²) in [6.45, 7) is 2.51. The van der Waals surface area contributed by atoms with Crippen LogP contribution in [0.15, 0.2) is 30.3 Å². The maximum absolute atomic E-state index is 11.8.